The van der Waals surface area contributed by atoms with Gasteiger partial charge in [-0.25, -0.2) is 4.98 Å². The average molecular weight is 329 g/mol. The number of ether oxygens (including phenoxy) is 1. The highest BCUT2D eigenvalue weighted by atomic mass is 79.9. The molecule has 0 aliphatic heterocycles. The monoisotopic (exact) mass is 327 g/mol. The molecule has 2 rings (SSSR count). The van der Waals surface area contributed by atoms with E-state index in [9.17, 15) is 5.11 Å². The van der Waals surface area contributed by atoms with Crippen molar-refractivity contribution >= 4 is 27.5 Å². The van der Waals surface area contributed by atoms with E-state index >= 15 is 0 Å². The molecule has 0 saturated heterocycles. The Morgan fingerprint density at radius 3 is 2.78 bits per heavy atom. The van der Waals surface area contributed by atoms with E-state index in [-0.39, 0.29) is 0 Å². The van der Waals surface area contributed by atoms with Crippen molar-refractivity contribution in [3.63, 3.8) is 0 Å². The summed E-state index contributed by atoms with van der Waals surface area (Å²) in [7, 11) is 0. The lowest BCUT2D eigenvalue weighted by Crippen LogP contribution is -1.94. The number of pyridine rings is 1. The van der Waals surface area contributed by atoms with Gasteiger partial charge in [0.2, 0.25) is 5.88 Å². The third-order valence-corrected chi connectivity index (χ3v) is 3.14. The van der Waals surface area contributed by atoms with Gasteiger partial charge in [0, 0.05) is 16.7 Å². The maximum Gasteiger partial charge on any atom is 0.219 e. The van der Waals surface area contributed by atoms with Gasteiger partial charge in [-0.15, -0.1) is 0 Å². The normalized spacial score (nSPS) is 12.2. The Balaban J connectivity index is 2.25. The molecule has 5 heteroatoms. The number of hydrogen-bond donors (Lipinski definition) is 1. The van der Waals surface area contributed by atoms with Crippen molar-refractivity contribution in [1.82, 2.24) is 4.98 Å². The van der Waals surface area contributed by atoms with Crippen LogP contribution in [0.3, 0.4) is 0 Å². The van der Waals surface area contributed by atoms with Gasteiger partial charge < -0.3 is 9.84 Å². The average Bonchev–Trinajstić information content (AvgIpc) is 2.33. The van der Waals surface area contributed by atoms with Crippen molar-refractivity contribution in [3.05, 3.63) is 51.6 Å². The van der Waals surface area contributed by atoms with E-state index in [2.05, 4.69) is 20.9 Å². The molecule has 1 atom stereocenters. The van der Waals surface area contributed by atoms with Crippen molar-refractivity contribution in [3.8, 4) is 11.6 Å². The smallest absolute Gasteiger partial charge is 0.219 e. The first-order chi connectivity index (χ1) is 8.56. The fraction of sp³-hybridized carbons (Fsp3) is 0.154. The maximum atomic E-state index is 9.49. The van der Waals surface area contributed by atoms with E-state index in [1.807, 2.05) is 6.07 Å². The van der Waals surface area contributed by atoms with E-state index in [1.54, 1.807) is 37.4 Å². The Bertz CT molecular complexity index is 560. The molecular formula is C13H11BrClNO2. The zero-order valence-electron chi connectivity index (χ0n) is 9.60. The molecule has 94 valence electrons. The summed E-state index contributed by atoms with van der Waals surface area (Å²) in [5.41, 5.74) is 0.744. The summed E-state index contributed by atoms with van der Waals surface area (Å²) in [5, 5.41) is 9.98. The minimum Gasteiger partial charge on any atom is -0.437 e. The summed E-state index contributed by atoms with van der Waals surface area (Å²) in [4.78, 5) is 4.08. The van der Waals surface area contributed by atoms with Gasteiger partial charge in [0.15, 0.2) is 0 Å². The van der Waals surface area contributed by atoms with E-state index in [0.29, 0.717) is 16.7 Å². The molecule has 0 unspecified atom stereocenters. The molecule has 1 N–H and O–H groups in total. The van der Waals surface area contributed by atoms with Crippen molar-refractivity contribution in [2.24, 2.45) is 0 Å². The first-order valence-electron chi connectivity index (χ1n) is 5.33. The molecule has 1 aromatic heterocycles. The van der Waals surface area contributed by atoms with Crippen LogP contribution in [0.2, 0.25) is 5.02 Å². The van der Waals surface area contributed by atoms with Gasteiger partial charge in [0.1, 0.15) is 5.75 Å². The second-order valence-electron chi connectivity index (χ2n) is 3.78. The third kappa shape index (κ3) is 3.22. The van der Waals surface area contributed by atoms with Crippen LogP contribution in [0, 0.1) is 0 Å². The molecular weight excluding hydrogens is 318 g/mol. The molecule has 0 spiro atoms. The Labute approximate surface area is 119 Å². The number of aliphatic hydroxyl groups excluding tert-OH is 1. The molecule has 18 heavy (non-hydrogen) atoms. The molecule has 0 fully saturated rings. The minimum absolute atomic E-state index is 0.401. The van der Waals surface area contributed by atoms with Crippen LogP contribution in [-0.4, -0.2) is 10.1 Å². The number of aromatic nitrogens is 1. The fourth-order valence-corrected chi connectivity index (χ4v) is 2.12. The predicted octanol–water partition coefficient (Wildman–Crippen LogP) is 4.34. The Morgan fingerprint density at radius 1 is 1.33 bits per heavy atom. The molecule has 0 aliphatic rings. The predicted molar refractivity (Wildman–Crippen MR) is 74.1 cm³/mol. The second-order valence-corrected chi connectivity index (χ2v) is 5.10. The molecule has 1 heterocycles. The first-order valence-corrected chi connectivity index (χ1v) is 6.50. The van der Waals surface area contributed by atoms with Crippen LogP contribution in [0.5, 0.6) is 11.6 Å². The van der Waals surface area contributed by atoms with Crippen LogP contribution in [0.1, 0.15) is 18.6 Å². The lowest BCUT2D eigenvalue weighted by molar-refractivity contribution is 0.198. The maximum absolute atomic E-state index is 9.49. The van der Waals surface area contributed by atoms with Crippen molar-refractivity contribution in [2.75, 3.05) is 0 Å². The van der Waals surface area contributed by atoms with Crippen LogP contribution in [-0.2, 0) is 0 Å². The van der Waals surface area contributed by atoms with Gasteiger partial charge in [0.05, 0.1) is 11.1 Å². The van der Waals surface area contributed by atoms with E-state index < -0.39 is 6.10 Å². The van der Waals surface area contributed by atoms with Crippen LogP contribution < -0.4 is 4.74 Å². The molecule has 3 nitrogen and oxygen atoms in total. The van der Waals surface area contributed by atoms with Gasteiger partial charge >= 0.3 is 0 Å². The largest absolute Gasteiger partial charge is 0.437 e. The minimum atomic E-state index is -0.560. The summed E-state index contributed by atoms with van der Waals surface area (Å²) in [6.07, 6.45) is 1.03. The van der Waals surface area contributed by atoms with Crippen LogP contribution in [0.25, 0.3) is 0 Å². The van der Waals surface area contributed by atoms with Crippen molar-refractivity contribution < 1.29 is 9.84 Å². The van der Waals surface area contributed by atoms with Crippen LogP contribution in [0.15, 0.2) is 41.0 Å². The zero-order chi connectivity index (χ0) is 13.1. The molecule has 0 aliphatic carbocycles. The highest BCUT2D eigenvalue weighted by Gasteiger charge is 2.07. The van der Waals surface area contributed by atoms with Gasteiger partial charge in [-0.2, -0.15) is 0 Å². The molecule has 0 bridgehead atoms. The zero-order valence-corrected chi connectivity index (χ0v) is 11.9. The van der Waals surface area contributed by atoms with Crippen molar-refractivity contribution in [2.45, 2.75) is 13.0 Å². The quantitative estimate of drug-likeness (QED) is 0.911. The van der Waals surface area contributed by atoms with E-state index in [0.717, 1.165) is 10.0 Å². The number of aliphatic hydroxyl groups is 1. The van der Waals surface area contributed by atoms with Gasteiger partial charge in [-0.3, -0.25) is 0 Å². The summed E-state index contributed by atoms with van der Waals surface area (Å²) in [6.45, 7) is 1.69. The summed E-state index contributed by atoms with van der Waals surface area (Å²) < 4.78 is 6.46. The SMILES string of the molecule is C[C@@H](O)c1ccnc(Oc2ccc(Br)cc2Cl)c1. The van der Waals surface area contributed by atoms with E-state index in [1.165, 1.54) is 0 Å². The second kappa shape index (κ2) is 5.69. The highest BCUT2D eigenvalue weighted by Crippen LogP contribution is 2.31. The summed E-state index contributed by atoms with van der Waals surface area (Å²) in [6, 6.07) is 8.75. The fourth-order valence-electron chi connectivity index (χ4n) is 1.41. The Kier molecular flexibility index (Phi) is 4.22. The molecule has 1 aromatic carbocycles. The number of hydrogen-bond acceptors (Lipinski definition) is 3. The standard InChI is InChI=1S/C13H11BrClNO2/c1-8(17)9-4-5-16-13(6-9)18-12-3-2-10(14)7-11(12)15/h2-8,17H,1H3/t8-/m1/s1. The summed E-state index contributed by atoms with van der Waals surface area (Å²) >= 11 is 9.37. The highest BCUT2D eigenvalue weighted by molar-refractivity contribution is 9.10. The molecule has 2 aromatic rings. The number of halogens is 2. The van der Waals surface area contributed by atoms with Gasteiger partial charge in [-0.05, 0) is 36.8 Å². The lowest BCUT2D eigenvalue weighted by Gasteiger charge is -2.09. The third-order valence-electron chi connectivity index (χ3n) is 2.35. The van der Waals surface area contributed by atoms with Crippen LogP contribution >= 0.6 is 27.5 Å². The molecule has 0 radical (unpaired) electrons. The van der Waals surface area contributed by atoms with Gasteiger partial charge in [-0.1, -0.05) is 27.5 Å². The molecule has 0 saturated carbocycles. The molecule has 0 amide bonds. The number of benzene rings is 1. The van der Waals surface area contributed by atoms with E-state index in [4.69, 9.17) is 16.3 Å². The number of nitrogens with zero attached hydrogens (tertiary/aromatic N) is 1. The summed E-state index contributed by atoms with van der Waals surface area (Å²) in [5.74, 6) is 0.924. The Morgan fingerprint density at radius 2 is 2.11 bits per heavy atom. The van der Waals surface area contributed by atoms with Crippen LogP contribution in [0.4, 0.5) is 0 Å². The number of rotatable bonds is 3. The van der Waals surface area contributed by atoms with Crippen molar-refractivity contribution in [1.29, 1.82) is 0 Å². The lowest BCUT2D eigenvalue weighted by atomic mass is 10.2. The Hall–Kier alpha value is -1.10. The topological polar surface area (TPSA) is 42.4 Å². The first kappa shape index (κ1) is 13.3. The van der Waals surface area contributed by atoms with Gasteiger partial charge in [0.25, 0.3) is 0 Å².